The minimum Gasteiger partial charge on any atom is -0.496 e. The number of benzene rings is 1. The molecule has 2 rings (SSSR count). The van der Waals surface area contributed by atoms with E-state index in [-0.39, 0.29) is 0 Å². The molecular weight excluding hydrogens is 282 g/mol. The summed E-state index contributed by atoms with van der Waals surface area (Å²) in [6, 6.07) is 3.56. The van der Waals surface area contributed by atoms with Crippen LogP contribution in [-0.2, 0) is 0 Å². The Labute approximate surface area is 132 Å². The van der Waals surface area contributed by atoms with Crippen LogP contribution in [0.15, 0.2) is 12.1 Å². The predicted octanol–water partition coefficient (Wildman–Crippen LogP) is 2.62. The molecule has 1 aromatic carbocycles. The largest absolute Gasteiger partial charge is 0.496 e. The lowest BCUT2D eigenvalue weighted by Gasteiger charge is -2.28. The van der Waals surface area contributed by atoms with E-state index in [1.54, 1.807) is 33.5 Å². The van der Waals surface area contributed by atoms with Gasteiger partial charge in [-0.1, -0.05) is 6.42 Å². The summed E-state index contributed by atoms with van der Waals surface area (Å²) in [5, 5.41) is 10.6. The van der Waals surface area contributed by atoms with Gasteiger partial charge in [-0.05, 0) is 32.4 Å². The van der Waals surface area contributed by atoms with Gasteiger partial charge in [-0.2, -0.15) is 0 Å². The molecule has 1 fully saturated rings. The zero-order valence-corrected chi connectivity index (χ0v) is 13.8. The van der Waals surface area contributed by atoms with Crippen molar-refractivity contribution in [3.8, 4) is 17.2 Å². The first-order valence-electron chi connectivity index (χ1n) is 7.90. The van der Waals surface area contributed by atoms with Gasteiger partial charge in [-0.15, -0.1) is 0 Å². The van der Waals surface area contributed by atoms with Crippen LogP contribution < -0.4 is 14.2 Å². The lowest BCUT2D eigenvalue weighted by atomic mass is 10.0. The second-order valence-electron chi connectivity index (χ2n) is 5.65. The first kappa shape index (κ1) is 16.9. The normalized spacial score (nSPS) is 17.1. The number of hydrogen-bond acceptors (Lipinski definition) is 5. The van der Waals surface area contributed by atoms with Gasteiger partial charge in [0.25, 0.3) is 0 Å². The van der Waals surface area contributed by atoms with Crippen molar-refractivity contribution in [3.63, 3.8) is 0 Å². The third-order valence-electron chi connectivity index (χ3n) is 4.25. The summed E-state index contributed by atoms with van der Waals surface area (Å²) in [5.74, 6) is 1.85. The molecule has 1 unspecified atom stereocenters. The van der Waals surface area contributed by atoms with Gasteiger partial charge >= 0.3 is 0 Å². The van der Waals surface area contributed by atoms with E-state index >= 15 is 0 Å². The van der Waals surface area contributed by atoms with E-state index in [1.165, 1.54) is 19.3 Å². The summed E-state index contributed by atoms with van der Waals surface area (Å²) < 4.78 is 16.1. The van der Waals surface area contributed by atoms with Crippen molar-refractivity contribution in [2.24, 2.45) is 0 Å². The smallest absolute Gasteiger partial charge is 0.132 e. The molecule has 1 saturated heterocycles. The number of aliphatic hydroxyl groups is 1. The highest BCUT2D eigenvalue weighted by atomic mass is 16.5. The summed E-state index contributed by atoms with van der Waals surface area (Å²) in [6.07, 6.45) is 3.88. The van der Waals surface area contributed by atoms with Crippen molar-refractivity contribution in [2.75, 3.05) is 41.0 Å². The van der Waals surface area contributed by atoms with Crippen LogP contribution in [0.25, 0.3) is 0 Å². The Morgan fingerprint density at radius 1 is 1.00 bits per heavy atom. The molecule has 5 heteroatoms. The first-order chi connectivity index (χ1) is 10.7. The van der Waals surface area contributed by atoms with Gasteiger partial charge in [-0.25, -0.2) is 0 Å². The highest BCUT2D eigenvalue weighted by Crippen LogP contribution is 2.39. The average molecular weight is 309 g/mol. The number of methoxy groups -OCH3 is 3. The monoisotopic (exact) mass is 309 g/mol. The van der Waals surface area contributed by atoms with Crippen LogP contribution in [0.5, 0.6) is 17.2 Å². The van der Waals surface area contributed by atoms with Gasteiger partial charge in [-0.3, -0.25) is 0 Å². The van der Waals surface area contributed by atoms with Crippen LogP contribution in [-0.4, -0.2) is 51.0 Å². The Morgan fingerprint density at radius 3 is 2.09 bits per heavy atom. The second kappa shape index (κ2) is 8.25. The molecule has 0 bridgehead atoms. The van der Waals surface area contributed by atoms with Crippen LogP contribution in [0.3, 0.4) is 0 Å². The van der Waals surface area contributed by atoms with Crippen molar-refractivity contribution in [3.05, 3.63) is 17.7 Å². The van der Waals surface area contributed by atoms with E-state index in [1.807, 2.05) is 0 Å². The Kier molecular flexibility index (Phi) is 6.34. The van der Waals surface area contributed by atoms with Crippen LogP contribution >= 0.6 is 0 Å². The van der Waals surface area contributed by atoms with Crippen molar-refractivity contribution >= 4 is 0 Å². The molecule has 1 aliphatic rings. The number of piperidine rings is 1. The molecule has 1 atom stereocenters. The Morgan fingerprint density at radius 2 is 1.59 bits per heavy atom. The summed E-state index contributed by atoms with van der Waals surface area (Å²) in [7, 11) is 4.78. The summed E-state index contributed by atoms with van der Waals surface area (Å²) in [4.78, 5) is 2.41. The van der Waals surface area contributed by atoms with Gasteiger partial charge in [0.05, 0.1) is 33.0 Å². The molecule has 5 nitrogen and oxygen atoms in total. The van der Waals surface area contributed by atoms with Gasteiger partial charge in [0.15, 0.2) is 0 Å². The average Bonchev–Trinajstić information content (AvgIpc) is 2.59. The Bertz CT molecular complexity index is 447. The Hall–Kier alpha value is -1.46. The van der Waals surface area contributed by atoms with Crippen molar-refractivity contribution < 1.29 is 19.3 Å². The minimum atomic E-state index is -0.613. The number of rotatable bonds is 7. The summed E-state index contributed by atoms with van der Waals surface area (Å²) in [5.41, 5.74) is 0.697. The number of likely N-dealkylation sites (tertiary alicyclic amines) is 1. The number of nitrogens with zero attached hydrogens (tertiary/aromatic N) is 1. The maximum absolute atomic E-state index is 10.6. The SMILES string of the molecule is COc1cc(OC)c(C(O)CCN2CCCCC2)c(OC)c1. The molecule has 1 N–H and O–H groups in total. The molecule has 1 heterocycles. The molecule has 124 valence electrons. The molecule has 0 spiro atoms. The molecule has 22 heavy (non-hydrogen) atoms. The second-order valence-corrected chi connectivity index (χ2v) is 5.65. The van der Waals surface area contributed by atoms with E-state index in [2.05, 4.69) is 4.90 Å². The molecule has 0 amide bonds. The van der Waals surface area contributed by atoms with E-state index in [4.69, 9.17) is 14.2 Å². The van der Waals surface area contributed by atoms with Crippen molar-refractivity contribution in [1.82, 2.24) is 4.90 Å². The molecule has 0 aromatic heterocycles. The number of ether oxygens (including phenoxy) is 3. The van der Waals surface area contributed by atoms with Crippen LogP contribution in [0, 0.1) is 0 Å². The highest BCUT2D eigenvalue weighted by Gasteiger charge is 2.22. The summed E-state index contributed by atoms with van der Waals surface area (Å²) >= 11 is 0. The van der Waals surface area contributed by atoms with E-state index < -0.39 is 6.10 Å². The Balaban J connectivity index is 2.11. The topological polar surface area (TPSA) is 51.2 Å². The number of hydrogen-bond donors (Lipinski definition) is 1. The van der Waals surface area contributed by atoms with Crippen molar-refractivity contribution in [1.29, 1.82) is 0 Å². The molecule has 1 aromatic rings. The zero-order chi connectivity index (χ0) is 15.9. The maximum Gasteiger partial charge on any atom is 0.132 e. The van der Waals surface area contributed by atoms with E-state index in [0.29, 0.717) is 29.2 Å². The minimum absolute atomic E-state index is 0.599. The summed E-state index contributed by atoms with van der Waals surface area (Å²) in [6.45, 7) is 3.15. The van der Waals surface area contributed by atoms with Crippen LogP contribution in [0.2, 0.25) is 0 Å². The fourth-order valence-corrected chi connectivity index (χ4v) is 2.99. The van der Waals surface area contributed by atoms with E-state index in [0.717, 1.165) is 19.6 Å². The quantitative estimate of drug-likeness (QED) is 0.839. The van der Waals surface area contributed by atoms with Gasteiger partial charge in [0, 0.05) is 18.7 Å². The number of aliphatic hydroxyl groups excluding tert-OH is 1. The molecule has 0 saturated carbocycles. The first-order valence-corrected chi connectivity index (χ1v) is 7.90. The molecule has 1 aliphatic heterocycles. The zero-order valence-electron chi connectivity index (χ0n) is 13.8. The van der Waals surface area contributed by atoms with Gasteiger partial charge < -0.3 is 24.2 Å². The lowest BCUT2D eigenvalue weighted by molar-refractivity contribution is 0.128. The van der Waals surface area contributed by atoms with Gasteiger partial charge in [0.1, 0.15) is 17.2 Å². The van der Waals surface area contributed by atoms with Crippen molar-refractivity contribution in [2.45, 2.75) is 31.8 Å². The van der Waals surface area contributed by atoms with Crippen LogP contribution in [0.1, 0.15) is 37.4 Å². The van der Waals surface area contributed by atoms with Crippen LogP contribution in [0.4, 0.5) is 0 Å². The van der Waals surface area contributed by atoms with E-state index in [9.17, 15) is 5.11 Å². The highest BCUT2D eigenvalue weighted by molar-refractivity contribution is 5.51. The molecular formula is C17H27NO4. The lowest BCUT2D eigenvalue weighted by Crippen LogP contribution is -2.31. The maximum atomic E-state index is 10.6. The molecule has 0 aliphatic carbocycles. The third kappa shape index (κ3) is 4.05. The predicted molar refractivity (Wildman–Crippen MR) is 86.0 cm³/mol. The fourth-order valence-electron chi connectivity index (χ4n) is 2.99. The standard InChI is InChI=1S/C17H27NO4/c1-20-13-11-15(21-2)17(16(12-13)22-3)14(19)7-10-18-8-5-4-6-9-18/h11-12,14,19H,4-10H2,1-3H3. The molecule has 0 radical (unpaired) electrons. The fraction of sp³-hybridized carbons (Fsp3) is 0.647. The third-order valence-corrected chi connectivity index (χ3v) is 4.25. The van der Waals surface area contributed by atoms with Gasteiger partial charge in [0.2, 0.25) is 0 Å².